The summed E-state index contributed by atoms with van der Waals surface area (Å²) >= 11 is 0. The highest BCUT2D eigenvalue weighted by Gasteiger charge is 2.31. The number of carbonyl (C=O) groups excluding carboxylic acids is 1. The summed E-state index contributed by atoms with van der Waals surface area (Å²) in [5.41, 5.74) is 1.43. The van der Waals surface area contributed by atoms with Crippen molar-refractivity contribution in [2.24, 2.45) is 4.99 Å². The Balaban J connectivity index is 1.50. The number of hydrogen-bond donors (Lipinski definition) is 1. The quantitative estimate of drug-likeness (QED) is 0.435. The molecule has 29 heavy (non-hydrogen) atoms. The van der Waals surface area contributed by atoms with E-state index in [-0.39, 0.29) is 11.9 Å². The lowest BCUT2D eigenvalue weighted by molar-refractivity contribution is -0.133. The summed E-state index contributed by atoms with van der Waals surface area (Å²) < 4.78 is 0. The van der Waals surface area contributed by atoms with E-state index in [1.54, 1.807) is 4.90 Å². The van der Waals surface area contributed by atoms with E-state index in [0.29, 0.717) is 5.92 Å². The van der Waals surface area contributed by atoms with Gasteiger partial charge in [-0.3, -0.25) is 14.7 Å². The number of likely N-dealkylation sites (N-methyl/N-ethyl adjacent to an activating group) is 1. The smallest absolute Gasteiger partial charge is 0.239 e. The van der Waals surface area contributed by atoms with E-state index in [9.17, 15) is 4.79 Å². The lowest BCUT2D eigenvalue weighted by atomic mass is 9.99. The van der Waals surface area contributed by atoms with E-state index in [2.05, 4.69) is 52.4 Å². The Bertz CT molecular complexity index is 675. The molecule has 2 aliphatic rings. The number of amides is 1. The first-order valence-corrected chi connectivity index (χ1v) is 11.1. The maximum Gasteiger partial charge on any atom is 0.239 e. The Hall–Kier alpha value is -2.08. The molecule has 1 aromatic rings. The van der Waals surface area contributed by atoms with Gasteiger partial charge in [-0.2, -0.15) is 0 Å². The largest absolute Gasteiger partial charge is 0.357 e. The molecule has 2 heterocycles. The predicted octanol–water partition coefficient (Wildman–Crippen LogP) is 2.38. The molecule has 2 unspecified atom stereocenters. The van der Waals surface area contributed by atoms with Crippen LogP contribution < -0.4 is 5.32 Å². The topological polar surface area (TPSA) is 51.2 Å². The second kappa shape index (κ2) is 10.6. The molecule has 2 atom stereocenters. The number of nitrogens with one attached hydrogen (secondary N) is 1. The Morgan fingerprint density at radius 2 is 2.00 bits per heavy atom. The first kappa shape index (κ1) is 21.6. The molecule has 160 valence electrons. The standard InChI is InChI=1S/C23H37N5O/c1-4-24-23(28-17-13-20(18-28)19-10-6-5-7-11-19)25-14-9-16-27-15-8-12-21(27)22(29)26(2)3/h5-7,10-11,20-21H,4,8-9,12-18H2,1-3H3,(H,24,25). The molecule has 2 aliphatic heterocycles. The first-order chi connectivity index (χ1) is 14.1. The number of likely N-dealkylation sites (tertiary alicyclic amines) is 2. The van der Waals surface area contributed by atoms with Crippen LogP contribution in [0.3, 0.4) is 0 Å². The average molecular weight is 400 g/mol. The second-order valence-corrected chi connectivity index (χ2v) is 8.36. The van der Waals surface area contributed by atoms with Crippen LogP contribution in [0.1, 0.15) is 44.1 Å². The van der Waals surface area contributed by atoms with Gasteiger partial charge in [0.15, 0.2) is 5.96 Å². The number of guanidine groups is 1. The van der Waals surface area contributed by atoms with Crippen molar-refractivity contribution in [3.63, 3.8) is 0 Å². The van der Waals surface area contributed by atoms with Crippen LogP contribution in [-0.2, 0) is 4.79 Å². The van der Waals surface area contributed by atoms with Crippen molar-refractivity contribution >= 4 is 11.9 Å². The summed E-state index contributed by atoms with van der Waals surface area (Å²) in [7, 11) is 3.70. The molecular formula is C23H37N5O. The Morgan fingerprint density at radius 3 is 2.72 bits per heavy atom. The zero-order valence-corrected chi connectivity index (χ0v) is 18.3. The molecular weight excluding hydrogens is 362 g/mol. The normalized spacial score (nSPS) is 22.9. The first-order valence-electron chi connectivity index (χ1n) is 11.1. The summed E-state index contributed by atoms with van der Waals surface area (Å²) in [6.07, 6.45) is 4.26. The molecule has 0 radical (unpaired) electrons. The van der Waals surface area contributed by atoms with E-state index >= 15 is 0 Å². The highest BCUT2D eigenvalue weighted by atomic mass is 16.2. The number of rotatable bonds is 7. The highest BCUT2D eigenvalue weighted by Crippen LogP contribution is 2.27. The lowest BCUT2D eigenvalue weighted by Crippen LogP contribution is -2.43. The van der Waals surface area contributed by atoms with Crippen molar-refractivity contribution in [3.8, 4) is 0 Å². The average Bonchev–Trinajstić information content (AvgIpc) is 3.40. The fraction of sp³-hybridized carbons (Fsp3) is 0.652. The van der Waals surface area contributed by atoms with E-state index in [1.807, 2.05) is 14.1 Å². The van der Waals surface area contributed by atoms with Gasteiger partial charge in [0.05, 0.1) is 6.04 Å². The van der Waals surface area contributed by atoms with Gasteiger partial charge in [0.25, 0.3) is 0 Å². The van der Waals surface area contributed by atoms with Crippen LogP contribution in [0.2, 0.25) is 0 Å². The summed E-state index contributed by atoms with van der Waals surface area (Å²) in [6, 6.07) is 10.9. The summed E-state index contributed by atoms with van der Waals surface area (Å²) in [6.45, 7) is 7.87. The van der Waals surface area contributed by atoms with Crippen molar-refractivity contribution < 1.29 is 4.79 Å². The van der Waals surface area contributed by atoms with Crippen LogP contribution in [-0.4, -0.2) is 86.0 Å². The summed E-state index contributed by atoms with van der Waals surface area (Å²) in [5, 5.41) is 3.47. The number of nitrogens with zero attached hydrogens (tertiary/aromatic N) is 4. The zero-order valence-electron chi connectivity index (χ0n) is 18.3. The van der Waals surface area contributed by atoms with Gasteiger partial charge in [-0.05, 0) is 44.7 Å². The Kier molecular flexibility index (Phi) is 7.92. The molecule has 1 N–H and O–H groups in total. The van der Waals surface area contributed by atoms with Crippen LogP contribution in [0.25, 0.3) is 0 Å². The molecule has 6 heteroatoms. The third kappa shape index (κ3) is 5.72. The van der Waals surface area contributed by atoms with Crippen LogP contribution in [0.4, 0.5) is 0 Å². The minimum atomic E-state index is 0.0624. The Labute approximate surface area is 176 Å². The zero-order chi connectivity index (χ0) is 20.6. The van der Waals surface area contributed by atoms with Gasteiger partial charge >= 0.3 is 0 Å². The van der Waals surface area contributed by atoms with Gasteiger partial charge in [-0.25, -0.2) is 0 Å². The fourth-order valence-corrected chi connectivity index (χ4v) is 4.51. The third-order valence-corrected chi connectivity index (χ3v) is 6.05. The molecule has 1 amide bonds. The lowest BCUT2D eigenvalue weighted by Gasteiger charge is -2.26. The van der Waals surface area contributed by atoms with Gasteiger partial charge in [-0.1, -0.05) is 30.3 Å². The van der Waals surface area contributed by atoms with E-state index in [1.165, 1.54) is 12.0 Å². The van der Waals surface area contributed by atoms with Crippen molar-refractivity contribution in [2.75, 3.05) is 53.4 Å². The highest BCUT2D eigenvalue weighted by molar-refractivity contribution is 5.81. The van der Waals surface area contributed by atoms with Crippen LogP contribution in [0.5, 0.6) is 0 Å². The summed E-state index contributed by atoms with van der Waals surface area (Å²) in [4.78, 5) is 23.7. The molecule has 2 fully saturated rings. The van der Waals surface area contributed by atoms with Crippen molar-refractivity contribution in [1.29, 1.82) is 0 Å². The fourth-order valence-electron chi connectivity index (χ4n) is 4.51. The predicted molar refractivity (Wildman–Crippen MR) is 119 cm³/mol. The molecule has 0 spiro atoms. The number of hydrogen-bond acceptors (Lipinski definition) is 3. The van der Waals surface area contributed by atoms with Gasteiger partial charge in [0.2, 0.25) is 5.91 Å². The maximum atomic E-state index is 12.3. The molecule has 0 bridgehead atoms. The second-order valence-electron chi connectivity index (χ2n) is 8.36. The number of carbonyl (C=O) groups is 1. The molecule has 0 aliphatic carbocycles. The Morgan fingerprint density at radius 1 is 1.21 bits per heavy atom. The third-order valence-electron chi connectivity index (χ3n) is 6.05. The number of aliphatic imine (C=N–C) groups is 1. The van der Waals surface area contributed by atoms with Gasteiger partial charge in [0, 0.05) is 52.7 Å². The molecule has 3 rings (SSSR count). The van der Waals surface area contributed by atoms with Crippen LogP contribution >= 0.6 is 0 Å². The van der Waals surface area contributed by atoms with Crippen molar-refractivity contribution in [3.05, 3.63) is 35.9 Å². The van der Waals surface area contributed by atoms with Gasteiger partial charge in [0.1, 0.15) is 0 Å². The molecule has 0 aromatic heterocycles. The molecule has 1 aromatic carbocycles. The van der Waals surface area contributed by atoms with Crippen molar-refractivity contribution in [2.45, 2.75) is 44.6 Å². The molecule has 0 saturated carbocycles. The van der Waals surface area contributed by atoms with Gasteiger partial charge < -0.3 is 15.1 Å². The minimum Gasteiger partial charge on any atom is -0.357 e. The van der Waals surface area contributed by atoms with Gasteiger partial charge in [-0.15, -0.1) is 0 Å². The summed E-state index contributed by atoms with van der Waals surface area (Å²) in [5.74, 6) is 1.86. The van der Waals surface area contributed by atoms with Crippen LogP contribution in [0, 0.1) is 0 Å². The van der Waals surface area contributed by atoms with E-state index < -0.39 is 0 Å². The van der Waals surface area contributed by atoms with Crippen molar-refractivity contribution in [1.82, 2.24) is 20.0 Å². The van der Waals surface area contributed by atoms with E-state index in [4.69, 9.17) is 4.99 Å². The van der Waals surface area contributed by atoms with Crippen LogP contribution in [0.15, 0.2) is 35.3 Å². The van der Waals surface area contributed by atoms with E-state index in [0.717, 1.165) is 64.5 Å². The number of benzene rings is 1. The monoisotopic (exact) mass is 399 g/mol. The SMILES string of the molecule is CCNC(=NCCCN1CCCC1C(=O)N(C)C)N1CCC(c2ccccc2)C1. The minimum absolute atomic E-state index is 0.0624. The molecule has 6 nitrogen and oxygen atoms in total. The molecule has 2 saturated heterocycles. The maximum absolute atomic E-state index is 12.3.